The number of nitrogens with zero attached hydrogens (tertiary/aromatic N) is 1. The van der Waals surface area contributed by atoms with E-state index < -0.39 is 5.97 Å². The van der Waals surface area contributed by atoms with Gasteiger partial charge < -0.3 is 10.0 Å². The van der Waals surface area contributed by atoms with Crippen molar-refractivity contribution in [2.45, 2.75) is 25.7 Å². The second-order valence-electron chi connectivity index (χ2n) is 4.40. The SMILES string of the molecule is O=C(O)C1CN(CC2CCCC2)C1. The van der Waals surface area contributed by atoms with Gasteiger partial charge in [-0.3, -0.25) is 4.79 Å². The first-order valence-corrected chi connectivity index (χ1v) is 5.21. The van der Waals surface area contributed by atoms with Crippen molar-refractivity contribution in [3.63, 3.8) is 0 Å². The van der Waals surface area contributed by atoms with E-state index in [2.05, 4.69) is 4.90 Å². The van der Waals surface area contributed by atoms with Crippen LogP contribution in [0.2, 0.25) is 0 Å². The summed E-state index contributed by atoms with van der Waals surface area (Å²) in [7, 11) is 0. The molecule has 0 radical (unpaired) electrons. The zero-order valence-corrected chi connectivity index (χ0v) is 7.91. The minimum absolute atomic E-state index is 0.0820. The predicted molar refractivity (Wildman–Crippen MR) is 49.5 cm³/mol. The van der Waals surface area contributed by atoms with Gasteiger partial charge in [-0.15, -0.1) is 0 Å². The van der Waals surface area contributed by atoms with Crippen molar-refractivity contribution in [1.82, 2.24) is 4.90 Å². The van der Waals surface area contributed by atoms with Gasteiger partial charge in [0.1, 0.15) is 0 Å². The summed E-state index contributed by atoms with van der Waals surface area (Å²) in [6, 6.07) is 0. The maximum Gasteiger partial charge on any atom is 0.309 e. The molecule has 1 saturated heterocycles. The summed E-state index contributed by atoms with van der Waals surface area (Å²) in [6.45, 7) is 2.71. The fourth-order valence-corrected chi connectivity index (χ4v) is 2.43. The number of hydrogen-bond acceptors (Lipinski definition) is 2. The molecular formula is C10H17NO2. The van der Waals surface area contributed by atoms with Crippen molar-refractivity contribution in [1.29, 1.82) is 0 Å². The Kier molecular flexibility index (Phi) is 2.54. The molecule has 3 nitrogen and oxygen atoms in total. The number of aliphatic carboxylic acids is 1. The Labute approximate surface area is 78.7 Å². The smallest absolute Gasteiger partial charge is 0.309 e. The van der Waals surface area contributed by atoms with Gasteiger partial charge in [0.05, 0.1) is 5.92 Å². The van der Waals surface area contributed by atoms with E-state index in [1.807, 2.05) is 0 Å². The summed E-state index contributed by atoms with van der Waals surface area (Å²) < 4.78 is 0. The van der Waals surface area contributed by atoms with Gasteiger partial charge in [0.15, 0.2) is 0 Å². The van der Waals surface area contributed by atoms with Crippen molar-refractivity contribution in [3.05, 3.63) is 0 Å². The maximum atomic E-state index is 10.5. The number of carboxylic acids is 1. The molecule has 0 atom stereocenters. The fraction of sp³-hybridized carbons (Fsp3) is 0.900. The van der Waals surface area contributed by atoms with Gasteiger partial charge in [-0.25, -0.2) is 0 Å². The quantitative estimate of drug-likeness (QED) is 0.714. The highest BCUT2D eigenvalue weighted by Crippen LogP contribution is 2.27. The molecule has 1 saturated carbocycles. The normalized spacial score (nSPS) is 26.2. The van der Waals surface area contributed by atoms with Crippen molar-refractivity contribution in [3.8, 4) is 0 Å². The molecule has 0 bridgehead atoms. The van der Waals surface area contributed by atoms with Crippen LogP contribution >= 0.6 is 0 Å². The van der Waals surface area contributed by atoms with E-state index in [0.29, 0.717) is 0 Å². The molecule has 74 valence electrons. The molecule has 0 unspecified atom stereocenters. The molecule has 2 aliphatic rings. The van der Waals surface area contributed by atoms with Crippen LogP contribution in [0.5, 0.6) is 0 Å². The lowest BCUT2D eigenvalue weighted by atomic mass is 9.97. The maximum absolute atomic E-state index is 10.5. The van der Waals surface area contributed by atoms with Gasteiger partial charge in [-0.2, -0.15) is 0 Å². The Hall–Kier alpha value is -0.570. The summed E-state index contributed by atoms with van der Waals surface area (Å²) in [4.78, 5) is 12.8. The van der Waals surface area contributed by atoms with E-state index in [1.165, 1.54) is 25.7 Å². The van der Waals surface area contributed by atoms with Gasteiger partial charge in [-0.05, 0) is 18.8 Å². The lowest BCUT2D eigenvalue weighted by Crippen LogP contribution is -2.51. The largest absolute Gasteiger partial charge is 0.481 e. The van der Waals surface area contributed by atoms with Gasteiger partial charge in [0.2, 0.25) is 0 Å². The first-order valence-electron chi connectivity index (χ1n) is 5.21. The molecule has 2 rings (SSSR count). The average Bonchev–Trinajstić information content (AvgIpc) is 2.46. The number of carboxylic acid groups (broad SMARTS) is 1. The first kappa shape index (κ1) is 9.00. The van der Waals surface area contributed by atoms with E-state index in [1.54, 1.807) is 0 Å². The summed E-state index contributed by atoms with van der Waals surface area (Å²) in [5, 5.41) is 8.69. The average molecular weight is 183 g/mol. The standard InChI is InChI=1S/C10H17NO2/c12-10(13)9-6-11(7-9)5-8-3-1-2-4-8/h8-9H,1-7H2,(H,12,13). The summed E-state index contributed by atoms with van der Waals surface area (Å²) >= 11 is 0. The van der Waals surface area contributed by atoms with E-state index in [9.17, 15) is 4.79 Å². The Balaban J connectivity index is 1.66. The molecule has 1 aliphatic heterocycles. The van der Waals surface area contributed by atoms with E-state index in [-0.39, 0.29) is 5.92 Å². The molecular weight excluding hydrogens is 166 g/mol. The Morgan fingerprint density at radius 3 is 2.46 bits per heavy atom. The van der Waals surface area contributed by atoms with Crippen molar-refractivity contribution >= 4 is 5.97 Å². The van der Waals surface area contributed by atoms with Crippen LogP contribution in [-0.2, 0) is 4.79 Å². The second-order valence-corrected chi connectivity index (χ2v) is 4.40. The third-order valence-electron chi connectivity index (χ3n) is 3.30. The number of rotatable bonds is 3. The number of carbonyl (C=O) groups is 1. The lowest BCUT2D eigenvalue weighted by molar-refractivity contribution is -0.147. The Morgan fingerprint density at radius 1 is 1.31 bits per heavy atom. The zero-order valence-electron chi connectivity index (χ0n) is 7.91. The highest BCUT2D eigenvalue weighted by molar-refractivity contribution is 5.71. The van der Waals surface area contributed by atoms with Crippen LogP contribution in [0, 0.1) is 11.8 Å². The Morgan fingerprint density at radius 2 is 1.92 bits per heavy atom. The van der Waals surface area contributed by atoms with E-state index >= 15 is 0 Å². The van der Waals surface area contributed by atoms with E-state index in [0.717, 1.165) is 25.6 Å². The number of likely N-dealkylation sites (tertiary alicyclic amines) is 1. The minimum Gasteiger partial charge on any atom is -0.481 e. The molecule has 0 aromatic heterocycles. The summed E-state index contributed by atoms with van der Waals surface area (Å²) in [6.07, 6.45) is 5.46. The van der Waals surface area contributed by atoms with Crippen LogP contribution in [0.15, 0.2) is 0 Å². The lowest BCUT2D eigenvalue weighted by Gasteiger charge is -2.38. The second kappa shape index (κ2) is 3.66. The highest BCUT2D eigenvalue weighted by atomic mass is 16.4. The molecule has 0 amide bonds. The van der Waals surface area contributed by atoms with Crippen LogP contribution in [0.25, 0.3) is 0 Å². The van der Waals surface area contributed by atoms with Crippen LogP contribution in [0.3, 0.4) is 0 Å². The number of hydrogen-bond donors (Lipinski definition) is 1. The third-order valence-corrected chi connectivity index (χ3v) is 3.30. The molecule has 3 heteroatoms. The topological polar surface area (TPSA) is 40.5 Å². The van der Waals surface area contributed by atoms with Crippen LogP contribution in [-0.4, -0.2) is 35.6 Å². The van der Waals surface area contributed by atoms with Crippen LogP contribution < -0.4 is 0 Å². The molecule has 0 aromatic carbocycles. The molecule has 1 aliphatic carbocycles. The summed E-state index contributed by atoms with van der Waals surface area (Å²) in [5.74, 6) is 0.152. The predicted octanol–water partition coefficient (Wildman–Crippen LogP) is 1.19. The summed E-state index contributed by atoms with van der Waals surface area (Å²) in [5.41, 5.74) is 0. The van der Waals surface area contributed by atoms with Gasteiger partial charge in [0.25, 0.3) is 0 Å². The molecule has 0 aromatic rings. The molecule has 0 spiro atoms. The van der Waals surface area contributed by atoms with Gasteiger partial charge >= 0.3 is 5.97 Å². The highest BCUT2D eigenvalue weighted by Gasteiger charge is 2.33. The Bertz CT molecular complexity index is 193. The molecule has 2 fully saturated rings. The monoisotopic (exact) mass is 183 g/mol. The molecule has 13 heavy (non-hydrogen) atoms. The van der Waals surface area contributed by atoms with Gasteiger partial charge in [-0.1, -0.05) is 12.8 Å². The molecule has 1 heterocycles. The van der Waals surface area contributed by atoms with E-state index in [4.69, 9.17) is 5.11 Å². The van der Waals surface area contributed by atoms with Crippen LogP contribution in [0.1, 0.15) is 25.7 Å². The van der Waals surface area contributed by atoms with Crippen molar-refractivity contribution < 1.29 is 9.90 Å². The van der Waals surface area contributed by atoms with Crippen LogP contribution in [0.4, 0.5) is 0 Å². The third kappa shape index (κ3) is 2.02. The van der Waals surface area contributed by atoms with Gasteiger partial charge in [0, 0.05) is 19.6 Å². The minimum atomic E-state index is -0.623. The zero-order chi connectivity index (χ0) is 9.26. The fourth-order valence-electron chi connectivity index (χ4n) is 2.43. The first-order chi connectivity index (χ1) is 6.25. The molecule has 1 N–H and O–H groups in total. The van der Waals surface area contributed by atoms with Crippen molar-refractivity contribution in [2.75, 3.05) is 19.6 Å². The van der Waals surface area contributed by atoms with Crippen molar-refractivity contribution in [2.24, 2.45) is 11.8 Å².